The van der Waals surface area contributed by atoms with Gasteiger partial charge in [-0.15, -0.1) is 0 Å². The van der Waals surface area contributed by atoms with Gasteiger partial charge < -0.3 is 19.3 Å². The second kappa shape index (κ2) is 11.2. The van der Waals surface area contributed by atoms with Crippen LogP contribution in [0.1, 0.15) is 27.7 Å². The lowest BCUT2D eigenvalue weighted by atomic mass is 10.1. The van der Waals surface area contributed by atoms with Crippen molar-refractivity contribution >= 4 is 11.9 Å². The Kier molecular flexibility index (Phi) is 10.6. The topological polar surface area (TPSA) is 59.1 Å². The Bertz CT molecular complexity index is 379. The summed E-state index contributed by atoms with van der Waals surface area (Å²) in [6, 6.07) is 0. The average Bonchev–Trinajstić information content (AvgIpc) is 2.42. The number of ether oxygens (including phenoxy) is 2. The van der Waals surface area contributed by atoms with Gasteiger partial charge in [-0.25, -0.2) is 9.59 Å². The Morgan fingerprint density at radius 3 is 1.25 bits per heavy atom. The third-order valence-electron chi connectivity index (χ3n) is 3.47. The summed E-state index contributed by atoms with van der Waals surface area (Å²) in [7, 11) is 7.70. The van der Waals surface area contributed by atoms with Crippen molar-refractivity contribution in [1.82, 2.24) is 9.80 Å². The minimum Gasteiger partial charge on any atom is -0.458 e. The van der Waals surface area contributed by atoms with Crippen LogP contribution in [0.3, 0.4) is 0 Å². The average molecular weight is 342 g/mol. The number of esters is 2. The standard InChI is InChI=1S/C18H34N2O4/c1-13(2)15(11-19(5)6)23-17(21)9-10-18(22)24-16(14(3)4)12-20(7)8/h9-10,13-16H,11-12H2,1-8H3/b10-9+. The predicted octanol–water partition coefficient (Wildman–Crippen LogP) is 1.80. The van der Waals surface area contributed by atoms with Crippen LogP contribution in [0.25, 0.3) is 0 Å². The SMILES string of the molecule is CC(C)C(CN(C)C)OC(=O)/C=C/C(=O)OC(CN(C)C)C(C)C. The molecule has 0 fully saturated rings. The lowest BCUT2D eigenvalue weighted by Gasteiger charge is -2.24. The molecule has 0 aliphatic carbocycles. The van der Waals surface area contributed by atoms with E-state index in [1.165, 1.54) is 0 Å². The van der Waals surface area contributed by atoms with Crippen LogP contribution in [0.15, 0.2) is 12.2 Å². The first-order valence-corrected chi connectivity index (χ1v) is 8.41. The largest absolute Gasteiger partial charge is 0.458 e. The van der Waals surface area contributed by atoms with Gasteiger partial charge in [-0.1, -0.05) is 27.7 Å². The molecule has 0 saturated carbocycles. The van der Waals surface area contributed by atoms with Gasteiger partial charge in [0.15, 0.2) is 0 Å². The highest BCUT2D eigenvalue weighted by molar-refractivity contribution is 5.91. The van der Waals surface area contributed by atoms with Crippen molar-refractivity contribution in [1.29, 1.82) is 0 Å². The first-order valence-electron chi connectivity index (χ1n) is 8.41. The summed E-state index contributed by atoms with van der Waals surface area (Å²) < 4.78 is 10.8. The first kappa shape index (κ1) is 22.6. The molecular weight excluding hydrogens is 308 g/mol. The van der Waals surface area contributed by atoms with Gasteiger partial charge in [0.25, 0.3) is 0 Å². The van der Waals surface area contributed by atoms with Gasteiger partial charge in [0, 0.05) is 25.2 Å². The van der Waals surface area contributed by atoms with Crippen LogP contribution >= 0.6 is 0 Å². The molecule has 0 radical (unpaired) electrons. The van der Waals surface area contributed by atoms with Gasteiger partial charge in [-0.3, -0.25) is 0 Å². The third kappa shape index (κ3) is 10.4. The van der Waals surface area contributed by atoms with Crippen molar-refractivity contribution in [2.24, 2.45) is 11.8 Å². The van der Waals surface area contributed by atoms with Gasteiger partial charge in [0.1, 0.15) is 12.2 Å². The monoisotopic (exact) mass is 342 g/mol. The fraction of sp³-hybridized carbons (Fsp3) is 0.778. The van der Waals surface area contributed by atoms with E-state index in [9.17, 15) is 9.59 Å². The molecule has 2 unspecified atom stereocenters. The molecule has 0 rings (SSSR count). The number of carbonyl (C=O) groups excluding carboxylic acids is 2. The van der Waals surface area contributed by atoms with E-state index in [0.717, 1.165) is 12.2 Å². The minimum atomic E-state index is -0.527. The maximum absolute atomic E-state index is 11.9. The molecule has 0 amide bonds. The highest BCUT2D eigenvalue weighted by atomic mass is 16.5. The summed E-state index contributed by atoms with van der Waals surface area (Å²) in [6.45, 7) is 9.25. The van der Waals surface area contributed by atoms with Gasteiger partial charge in [0.05, 0.1) is 0 Å². The van der Waals surface area contributed by atoms with Crippen LogP contribution in [-0.4, -0.2) is 75.2 Å². The van der Waals surface area contributed by atoms with E-state index in [2.05, 4.69) is 0 Å². The van der Waals surface area contributed by atoms with Gasteiger partial charge in [0.2, 0.25) is 0 Å². The quantitative estimate of drug-likeness (QED) is 0.446. The first-order chi connectivity index (χ1) is 11.0. The van der Waals surface area contributed by atoms with Gasteiger partial charge in [-0.2, -0.15) is 0 Å². The number of likely N-dealkylation sites (N-methyl/N-ethyl adjacent to an activating group) is 2. The van der Waals surface area contributed by atoms with Crippen LogP contribution in [-0.2, 0) is 19.1 Å². The fourth-order valence-electron chi connectivity index (χ4n) is 2.00. The number of nitrogens with zero attached hydrogens (tertiary/aromatic N) is 2. The van der Waals surface area contributed by atoms with Crippen LogP contribution in [0.5, 0.6) is 0 Å². The van der Waals surface area contributed by atoms with Crippen molar-refractivity contribution in [2.45, 2.75) is 39.9 Å². The summed E-state index contributed by atoms with van der Waals surface area (Å²) in [4.78, 5) is 27.7. The smallest absolute Gasteiger partial charge is 0.331 e. The Balaban J connectivity index is 4.58. The van der Waals surface area contributed by atoms with Crippen LogP contribution in [0.4, 0.5) is 0 Å². The van der Waals surface area contributed by atoms with Crippen molar-refractivity contribution in [3.63, 3.8) is 0 Å². The summed E-state index contributed by atoms with van der Waals surface area (Å²) >= 11 is 0. The highest BCUT2D eigenvalue weighted by Gasteiger charge is 2.20. The molecule has 6 heteroatoms. The predicted molar refractivity (Wildman–Crippen MR) is 95.7 cm³/mol. The summed E-state index contributed by atoms with van der Waals surface area (Å²) in [6.07, 6.45) is 1.84. The molecule has 0 saturated heterocycles. The van der Waals surface area contributed by atoms with Gasteiger partial charge >= 0.3 is 11.9 Å². The normalized spacial score (nSPS) is 14.7. The molecule has 0 N–H and O–H groups in total. The molecule has 0 heterocycles. The summed E-state index contributed by atoms with van der Waals surface area (Å²) in [5.41, 5.74) is 0. The summed E-state index contributed by atoms with van der Waals surface area (Å²) in [5.74, 6) is -0.661. The lowest BCUT2D eigenvalue weighted by molar-refractivity contribution is -0.148. The zero-order valence-corrected chi connectivity index (χ0v) is 16.4. The molecule has 2 atom stereocenters. The van der Waals surface area contributed by atoms with Crippen LogP contribution in [0.2, 0.25) is 0 Å². The molecule has 140 valence electrons. The fourth-order valence-corrected chi connectivity index (χ4v) is 2.00. The number of hydrogen-bond donors (Lipinski definition) is 0. The molecule has 0 aromatic carbocycles. The van der Waals surface area contributed by atoms with Crippen molar-refractivity contribution in [3.8, 4) is 0 Å². The maximum atomic E-state index is 11.9. The number of carbonyl (C=O) groups is 2. The highest BCUT2D eigenvalue weighted by Crippen LogP contribution is 2.10. The molecule has 0 bridgehead atoms. The molecule has 0 aliphatic heterocycles. The van der Waals surface area contributed by atoms with Gasteiger partial charge in [-0.05, 0) is 40.0 Å². The van der Waals surface area contributed by atoms with E-state index in [1.807, 2.05) is 65.7 Å². The van der Waals surface area contributed by atoms with E-state index in [4.69, 9.17) is 9.47 Å². The molecule has 0 aromatic rings. The van der Waals surface area contributed by atoms with E-state index in [-0.39, 0.29) is 24.0 Å². The minimum absolute atomic E-state index is 0.196. The van der Waals surface area contributed by atoms with Crippen molar-refractivity contribution in [3.05, 3.63) is 12.2 Å². The second-order valence-electron chi connectivity index (χ2n) is 7.30. The molecule has 24 heavy (non-hydrogen) atoms. The Morgan fingerprint density at radius 2 is 1.04 bits per heavy atom. The van der Waals surface area contributed by atoms with E-state index in [1.54, 1.807) is 0 Å². The lowest BCUT2D eigenvalue weighted by Crippen LogP contribution is -2.34. The zero-order chi connectivity index (χ0) is 18.9. The third-order valence-corrected chi connectivity index (χ3v) is 3.47. The Labute approximate surface area is 146 Å². The Morgan fingerprint density at radius 1 is 0.750 bits per heavy atom. The van der Waals surface area contributed by atoms with E-state index >= 15 is 0 Å². The van der Waals surface area contributed by atoms with E-state index < -0.39 is 11.9 Å². The molecule has 0 aromatic heterocycles. The molecule has 0 aliphatic rings. The number of hydrogen-bond acceptors (Lipinski definition) is 6. The molecule has 0 spiro atoms. The summed E-state index contributed by atoms with van der Waals surface area (Å²) in [5, 5.41) is 0. The van der Waals surface area contributed by atoms with Crippen molar-refractivity contribution in [2.75, 3.05) is 41.3 Å². The molecule has 6 nitrogen and oxygen atoms in total. The zero-order valence-electron chi connectivity index (χ0n) is 16.4. The van der Waals surface area contributed by atoms with Crippen molar-refractivity contribution < 1.29 is 19.1 Å². The van der Waals surface area contributed by atoms with Crippen LogP contribution < -0.4 is 0 Å². The maximum Gasteiger partial charge on any atom is 0.331 e. The van der Waals surface area contributed by atoms with E-state index in [0.29, 0.717) is 13.1 Å². The second-order valence-corrected chi connectivity index (χ2v) is 7.30. The number of rotatable bonds is 10. The molecular formula is C18H34N2O4. The Hall–Kier alpha value is -1.40. The van der Waals surface area contributed by atoms with Crippen LogP contribution in [0, 0.1) is 11.8 Å².